The molecule has 0 radical (unpaired) electrons. The number of ether oxygens (including phenoxy) is 1. The van der Waals surface area contributed by atoms with Crippen LogP contribution < -0.4 is 5.32 Å². The number of carbonyl (C=O) groups is 2. The van der Waals surface area contributed by atoms with Gasteiger partial charge in [0.15, 0.2) is 0 Å². The molecule has 2 fully saturated rings. The molecule has 5 heteroatoms. The largest absolute Gasteiger partial charge is 0.443 e. The third kappa shape index (κ3) is 3.02. The zero-order valence-electron chi connectivity index (χ0n) is 11.4. The summed E-state index contributed by atoms with van der Waals surface area (Å²) in [5.74, 6) is -0.168. The maximum absolute atomic E-state index is 12.1. The lowest BCUT2D eigenvalue weighted by Crippen LogP contribution is -2.48. The van der Waals surface area contributed by atoms with Gasteiger partial charge in [0.25, 0.3) is 0 Å². The van der Waals surface area contributed by atoms with Crippen LogP contribution in [0.25, 0.3) is 0 Å². The highest BCUT2D eigenvalue weighted by atomic mass is 16.6. The van der Waals surface area contributed by atoms with Gasteiger partial charge in [-0.3, -0.25) is 4.79 Å². The first-order chi connectivity index (χ1) is 8.37. The van der Waals surface area contributed by atoms with Crippen LogP contribution in [-0.4, -0.2) is 41.1 Å². The first-order valence-corrected chi connectivity index (χ1v) is 6.65. The number of carbonyl (C=O) groups excluding carboxylic acids is 2. The zero-order valence-corrected chi connectivity index (χ0v) is 11.4. The fourth-order valence-electron chi connectivity index (χ4n) is 2.67. The summed E-state index contributed by atoms with van der Waals surface area (Å²) in [7, 11) is 0. The highest BCUT2D eigenvalue weighted by molar-refractivity contribution is 5.93. The molecule has 2 rings (SSSR count). The summed E-state index contributed by atoms with van der Waals surface area (Å²) in [5, 5.41) is 3.21. The molecule has 0 aromatic rings. The van der Waals surface area contributed by atoms with Crippen LogP contribution >= 0.6 is 0 Å². The van der Waals surface area contributed by atoms with Gasteiger partial charge in [-0.1, -0.05) is 0 Å². The number of nitrogens with one attached hydrogen (secondary N) is 1. The summed E-state index contributed by atoms with van der Waals surface area (Å²) in [5.41, 5.74) is -0.564. The highest BCUT2D eigenvalue weighted by Gasteiger charge is 2.38. The number of imide groups is 1. The molecule has 102 valence electrons. The Morgan fingerprint density at radius 1 is 1.39 bits per heavy atom. The number of fused-ring (bicyclic) bond motifs is 2. The van der Waals surface area contributed by atoms with E-state index in [1.807, 2.05) is 20.8 Å². The van der Waals surface area contributed by atoms with Crippen molar-refractivity contribution in [3.63, 3.8) is 0 Å². The summed E-state index contributed by atoms with van der Waals surface area (Å²) in [6.07, 6.45) is 3.39. The molecule has 2 unspecified atom stereocenters. The Hall–Kier alpha value is -1.10. The number of rotatable bonds is 0. The quantitative estimate of drug-likeness (QED) is 0.714. The van der Waals surface area contributed by atoms with Crippen LogP contribution in [-0.2, 0) is 9.53 Å². The summed E-state index contributed by atoms with van der Waals surface area (Å²) in [6.45, 7) is 5.68. The maximum Gasteiger partial charge on any atom is 0.417 e. The topological polar surface area (TPSA) is 58.6 Å². The molecule has 2 amide bonds. The molecule has 2 aliphatic rings. The molecule has 5 nitrogen and oxygen atoms in total. The molecule has 0 aromatic carbocycles. The van der Waals surface area contributed by atoms with Gasteiger partial charge >= 0.3 is 6.09 Å². The fraction of sp³-hybridized carbons (Fsp3) is 0.846. The highest BCUT2D eigenvalue weighted by Crippen LogP contribution is 2.26. The van der Waals surface area contributed by atoms with E-state index < -0.39 is 11.7 Å². The van der Waals surface area contributed by atoms with Crippen LogP contribution in [0.3, 0.4) is 0 Å². The first kappa shape index (κ1) is 13.3. The van der Waals surface area contributed by atoms with Crippen molar-refractivity contribution in [2.45, 2.75) is 64.1 Å². The Balaban J connectivity index is 2.13. The van der Waals surface area contributed by atoms with E-state index in [9.17, 15) is 9.59 Å². The SMILES string of the molecule is CC(C)(C)OC(=O)N1C(=O)CNC2CCCC1C2. The normalized spacial score (nSPS) is 28.8. The van der Waals surface area contributed by atoms with E-state index in [0.717, 1.165) is 25.7 Å². The van der Waals surface area contributed by atoms with Crippen molar-refractivity contribution in [1.82, 2.24) is 10.2 Å². The average molecular weight is 254 g/mol. The molecule has 2 bridgehead atoms. The van der Waals surface area contributed by atoms with Crippen molar-refractivity contribution in [3.05, 3.63) is 0 Å². The Morgan fingerprint density at radius 3 is 2.78 bits per heavy atom. The molecule has 1 saturated heterocycles. The Bertz CT molecular complexity index is 349. The maximum atomic E-state index is 12.1. The third-order valence-electron chi connectivity index (χ3n) is 3.41. The van der Waals surface area contributed by atoms with E-state index in [0.29, 0.717) is 6.04 Å². The van der Waals surface area contributed by atoms with E-state index >= 15 is 0 Å². The van der Waals surface area contributed by atoms with E-state index in [2.05, 4.69) is 5.32 Å². The number of nitrogens with zero attached hydrogens (tertiary/aromatic N) is 1. The molecule has 0 aromatic heterocycles. The Morgan fingerprint density at radius 2 is 2.11 bits per heavy atom. The summed E-state index contributed by atoms with van der Waals surface area (Å²) in [4.78, 5) is 25.5. The zero-order chi connectivity index (χ0) is 13.3. The van der Waals surface area contributed by atoms with Gasteiger partial charge in [-0.2, -0.15) is 0 Å². The summed E-state index contributed by atoms with van der Waals surface area (Å²) >= 11 is 0. The lowest BCUT2D eigenvalue weighted by molar-refractivity contribution is -0.130. The van der Waals surface area contributed by atoms with Gasteiger partial charge in [-0.25, -0.2) is 9.69 Å². The van der Waals surface area contributed by atoms with Gasteiger partial charge < -0.3 is 10.1 Å². The van der Waals surface area contributed by atoms with Crippen molar-refractivity contribution in [1.29, 1.82) is 0 Å². The predicted octanol–water partition coefficient (Wildman–Crippen LogP) is 1.66. The van der Waals surface area contributed by atoms with Crippen LogP contribution in [0.2, 0.25) is 0 Å². The lowest BCUT2D eigenvalue weighted by atomic mass is 9.91. The van der Waals surface area contributed by atoms with Gasteiger partial charge in [0, 0.05) is 12.1 Å². The van der Waals surface area contributed by atoms with Crippen LogP contribution in [0.1, 0.15) is 46.5 Å². The molecule has 1 N–H and O–H groups in total. The molecule has 1 heterocycles. The number of hydrogen-bond acceptors (Lipinski definition) is 4. The second kappa shape index (κ2) is 4.88. The minimum absolute atomic E-state index is 0.00102. The molecule has 1 aliphatic heterocycles. The minimum atomic E-state index is -0.564. The smallest absolute Gasteiger partial charge is 0.417 e. The van der Waals surface area contributed by atoms with Gasteiger partial charge in [0.05, 0.1) is 6.54 Å². The van der Waals surface area contributed by atoms with Gasteiger partial charge in [-0.05, 0) is 46.5 Å². The molecule has 1 saturated carbocycles. The minimum Gasteiger partial charge on any atom is -0.443 e. The predicted molar refractivity (Wildman–Crippen MR) is 67.1 cm³/mol. The standard InChI is InChI=1S/C13H22N2O3/c1-13(2,3)18-12(17)15-10-6-4-5-9(7-10)14-8-11(15)16/h9-10,14H,4-8H2,1-3H3. The number of hydrogen-bond donors (Lipinski definition) is 1. The van der Waals surface area contributed by atoms with Crippen molar-refractivity contribution in [3.8, 4) is 0 Å². The van der Waals surface area contributed by atoms with Crippen molar-refractivity contribution in [2.24, 2.45) is 0 Å². The van der Waals surface area contributed by atoms with Crippen LogP contribution in [0, 0.1) is 0 Å². The third-order valence-corrected chi connectivity index (χ3v) is 3.41. The molecule has 0 spiro atoms. The summed E-state index contributed by atoms with van der Waals surface area (Å²) in [6, 6.07) is 0.362. The molecule has 1 aliphatic carbocycles. The van der Waals surface area contributed by atoms with E-state index in [-0.39, 0.29) is 18.5 Å². The Labute approximate surface area is 108 Å². The van der Waals surface area contributed by atoms with Gasteiger partial charge in [0.1, 0.15) is 5.60 Å². The lowest BCUT2D eigenvalue weighted by Gasteiger charge is -2.33. The average Bonchev–Trinajstić information content (AvgIpc) is 2.34. The second-order valence-electron chi connectivity index (χ2n) is 6.14. The Kier molecular flexibility index (Phi) is 3.61. The van der Waals surface area contributed by atoms with Crippen LogP contribution in [0.15, 0.2) is 0 Å². The second-order valence-corrected chi connectivity index (χ2v) is 6.14. The first-order valence-electron chi connectivity index (χ1n) is 6.65. The van der Waals surface area contributed by atoms with Crippen molar-refractivity contribution >= 4 is 12.0 Å². The van der Waals surface area contributed by atoms with Crippen LogP contribution in [0.5, 0.6) is 0 Å². The van der Waals surface area contributed by atoms with Crippen molar-refractivity contribution < 1.29 is 14.3 Å². The molecular weight excluding hydrogens is 232 g/mol. The van der Waals surface area contributed by atoms with Crippen molar-refractivity contribution in [2.75, 3.05) is 6.54 Å². The van der Waals surface area contributed by atoms with E-state index in [4.69, 9.17) is 4.74 Å². The van der Waals surface area contributed by atoms with Crippen LogP contribution in [0.4, 0.5) is 4.79 Å². The molecule has 18 heavy (non-hydrogen) atoms. The van der Waals surface area contributed by atoms with E-state index in [1.165, 1.54) is 4.90 Å². The molecular formula is C13H22N2O3. The van der Waals surface area contributed by atoms with Gasteiger partial charge in [0.2, 0.25) is 5.91 Å². The molecule has 2 atom stereocenters. The monoisotopic (exact) mass is 254 g/mol. The summed E-state index contributed by atoms with van der Waals surface area (Å²) < 4.78 is 5.33. The fourth-order valence-corrected chi connectivity index (χ4v) is 2.67. The van der Waals surface area contributed by atoms with E-state index in [1.54, 1.807) is 0 Å². The van der Waals surface area contributed by atoms with Gasteiger partial charge in [-0.15, -0.1) is 0 Å². The number of amides is 2.